The van der Waals surface area contributed by atoms with E-state index in [4.69, 9.17) is 11.6 Å². The van der Waals surface area contributed by atoms with E-state index in [0.717, 1.165) is 27.8 Å². The topological polar surface area (TPSA) is 79.0 Å². The number of para-hydroxylation sites is 1. The van der Waals surface area contributed by atoms with Crippen molar-refractivity contribution in [3.8, 4) is 0 Å². The Kier molecular flexibility index (Phi) is 4.29. The van der Waals surface area contributed by atoms with Gasteiger partial charge in [0.25, 0.3) is 5.56 Å². The molecule has 0 spiro atoms. The van der Waals surface area contributed by atoms with E-state index < -0.39 is 10.0 Å². The van der Waals surface area contributed by atoms with Crippen molar-refractivity contribution in [2.75, 3.05) is 0 Å². The van der Waals surface area contributed by atoms with E-state index in [1.165, 1.54) is 12.1 Å². The van der Waals surface area contributed by atoms with Crippen molar-refractivity contribution >= 4 is 43.9 Å². The smallest absolute Gasteiger partial charge is 0.252 e. The molecule has 0 aliphatic carbocycles. The van der Waals surface area contributed by atoms with Crippen LogP contribution in [0, 0.1) is 6.92 Å². The van der Waals surface area contributed by atoms with Gasteiger partial charge in [0.15, 0.2) is 0 Å². The molecule has 0 aliphatic rings. The Bertz CT molecular complexity index is 1040. The molecule has 0 amide bonds. The fraction of sp³-hybridized carbons (Fsp3) is 0.133. The van der Waals surface area contributed by atoms with E-state index in [-0.39, 0.29) is 16.3 Å². The second-order valence-electron chi connectivity index (χ2n) is 5.05. The molecule has 3 rings (SSSR count). The molecule has 0 saturated heterocycles. The summed E-state index contributed by atoms with van der Waals surface area (Å²) in [6, 6.07) is 10.3. The van der Waals surface area contributed by atoms with Gasteiger partial charge in [0.1, 0.15) is 4.21 Å². The number of fused-ring (bicyclic) bond motifs is 1. The third-order valence-electron chi connectivity index (χ3n) is 3.43. The number of halogens is 1. The molecule has 1 aromatic carbocycles. The lowest BCUT2D eigenvalue weighted by molar-refractivity contribution is 0.583. The summed E-state index contributed by atoms with van der Waals surface area (Å²) >= 11 is 6.73. The highest BCUT2D eigenvalue weighted by molar-refractivity contribution is 7.91. The fourth-order valence-electron chi connectivity index (χ4n) is 2.25. The number of nitrogens with one attached hydrogen (secondary N) is 2. The lowest BCUT2D eigenvalue weighted by Crippen LogP contribution is -2.26. The van der Waals surface area contributed by atoms with E-state index in [0.29, 0.717) is 9.90 Å². The van der Waals surface area contributed by atoms with Gasteiger partial charge in [0.05, 0.1) is 9.85 Å². The van der Waals surface area contributed by atoms with Crippen LogP contribution in [-0.2, 0) is 16.6 Å². The van der Waals surface area contributed by atoms with Crippen LogP contribution < -0.4 is 10.3 Å². The SMILES string of the molecule is Cc1cccc2cc(CNS(=O)(=O)c3ccc(Cl)s3)c(=O)[nH]c12. The molecule has 0 radical (unpaired) electrons. The van der Waals surface area contributed by atoms with Gasteiger partial charge in [-0.05, 0) is 36.1 Å². The summed E-state index contributed by atoms with van der Waals surface area (Å²) in [5, 5.41) is 0.859. The van der Waals surface area contributed by atoms with Crippen LogP contribution in [0.4, 0.5) is 0 Å². The Labute approximate surface area is 142 Å². The Morgan fingerprint density at radius 2 is 2.04 bits per heavy atom. The number of aryl methyl sites for hydroxylation is 1. The highest BCUT2D eigenvalue weighted by Crippen LogP contribution is 2.25. The highest BCUT2D eigenvalue weighted by Gasteiger charge is 2.17. The molecule has 5 nitrogen and oxygen atoms in total. The van der Waals surface area contributed by atoms with E-state index in [2.05, 4.69) is 9.71 Å². The first kappa shape index (κ1) is 16.2. The van der Waals surface area contributed by atoms with Crippen LogP contribution in [0.3, 0.4) is 0 Å². The number of hydrogen-bond acceptors (Lipinski definition) is 4. The van der Waals surface area contributed by atoms with Crippen LogP contribution >= 0.6 is 22.9 Å². The third kappa shape index (κ3) is 3.32. The minimum Gasteiger partial charge on any atom is -0.321 e. The van der Waals surface area contributed by atoms with Crippen molar-refractivity contribution in [2.45, 2.75) is 17.7 Å². The lowest BCUT2D eigenvalue weighted by Gasteiger charge is -2.07. The minimum atomic E-state index is -3.68. The minimum absolute atomic E-state index is 0.0862. The Morgan fingerprint density at radius 3 is 2.74 bits per heavy atom. The predicted octanol–water partition coefficient (Wildman–Crippen LogP) is 3.03. The summed E-state index contributed by atoms with van der Waals surface area (Å²) in [6.45, 7) is 1.82. The zero-order valence-electron chi connectivity index (χ0n) is 12.1. The molecular formula is C15H13ClN2O3S2. The predicted molar refractivity (Wildman–Crippen MR) is 92.7 cm³/mol. The quantitative estimate of drug-likeness (QED) is 0.742. The Balaban J connectivity index is 1.90. The van der Waals surface area contributed by atoms with Gasteiger partial charge in [-0.2, -0.15) is 0 Å². The number of rotatable bonds is 4. The number of hydrogen-bond donors (Lipinski definition) is 2. The van der Waals surface area contributed by atoms with E-state index in [1.807, 2.05) is 25.1 Å². The van der Waals surface area contributed by atoms with Gasteiger partial charge in [-0.15, -0.1) is 11.3 Å². The second kappa shape index (κ2) is 6.09. The number of benzene rings is 1. The van der Waals surface area contributed by atoms with Crippen LogP contribution in [0.25, 0.3) is 10.9 Å². The van der Waals surface area contributed by atoms with Gasteiger partial charge in [0.2, 0.25) is 10.0 Å². The van der Waals surface area contributed by atoms with Crippen molar-refractivity contribution < 1.29 is 8.42 Å². The summed E-state index contributed by atoms with van der Waals surface area (Å²) in [7, 11) is -3.68. The molecule has 2 aromatic heterocycles. The number of pyridine rings is 1. The second-order valence-corrected chi connectivity index (χ2v) is 8.75. The molecule has 0 unspecified atom stereocenters. The van der Waals surface area contributed by atoms with Gasteiger partial charge in [0, 0.05) is 12.1 Å². The van der Waals surface area contributed by atoms with Gasteiger partial charge in [-0.25, -0.2) is 13.1 Å². The Morgan fingerprint density at radius 1 is 1.26 bits per heavy atom. The molecule has 3 aromatic rings. The van der Waals surface area contributed by atoms with Crippen molar-refractivity contribution in [2.24, 2.45) is 0 Å². The Hall–Kier alpha value is -1.67. The van der Waals surface area contributed by atoms with Crippen LogP contribution in [0.15, 0.2) is 45.4 Å². The zero-order valence-corrected chi connectivity index (χ0v) is 14.5. The van der Waals surface area contributed by atoms with Crippen LogP contribution in [-0.4, -0.2) is 13.4 Å². The lowest BCUT2D eigenvalue weighted by atomic mass is 10.1. The van der Waals surface area contributed by atoms with E-state index >= 15 is 0 Å². The molecule has 0 atom stereocenters. The van der Waals surface area contributed by atoms with Crippen LogP contribution in [0.2, 0.25) is 4.34 Å². The average Bonchev–Trinajstić information content (AvgIpc) is 2.94. The number of thiophene rings is 1. The molecule has 23 heavy (non-hydrogen) atoms. The third-order valence-corrected chi connectivity index (χ3v) is 6.56. The van der Waals surface area contributed by atoms with Gasteiger partial charge in [-0.3, -0.25) is 4.79 Å². The highest BCUT2D eigenvalue weighted by atomic mass is 35.5. The maximum Gasteiger partial charge on any atom is 0.252 e. The number of aromatic nitrogens is 1. The van der Waals surface area contributed by atoms with Crippen molar-refractivity contribution in [1.82, 2.24) is 9.71 Å². The first-order valence-corrected chi connectivity index (χ1v) is 9.41. The monoisotopic (exact) mass is 368 g/mol. The fourth-order valence-corrected chi connectivity index (χ4v) is 4.78. The van der Waals surface area contributed by atoms with Crippen molar-refractivity contribution in [3.05, 3.63) is 62.2 Å². The van der Waals surface area contributed by atoms with Crippen LogP contribution in [0.1, 0.15) is 11.1 Å². The standard InChI is InChI=1S/C15H13ClN2O3S2/c1-9-3-2-4-10-7-11(15(19)18-14(9)10)8-17-23(20,21)13-6-5-12(16)22-13/h2-7,17H,8H2,1H3,(H,18,19). The molecule has 120 valence electrons. The summed E-state index contributed by atoms with van der Waals surface area (Å²) in [5.74, 6) is 0. The molecule has 0 bridgehead atoms. The summed E-state index contributed by atoms with van der Waals surface area (Å²) in [5.41, 5.74) is 1.77. The van der Waals surface area contributed by atoms with Crippen LogP contribution in [0.5, 0.6) is 0 Å². The summed E-state index contributed by atoms with van der Waals surface area (Å²) in [4.78, 5) is 14.9. The molecule has 8 heteroatoms. The normalized spacial score (nSPS) is 11.9. The first-order valence-electron chi connectivity index (χ1n) is 6.73. The van der Waals surface area contributed by atoms with Gasteiger partial charge < -0.3 is 4.98 Å². The number of aromatic amines is 1. The number of sulfonamides is 1. The largest absolute Gasteiger partial charge is 0.321 e. The summed E-state index contributed by atoms with van der Waals surface area (Å²) < 4.78 is 27.3. The maximum atomic E-state index is 12.2. The van der Waals surface area contributed by atoms with Gasteiger partial charge in [-0.1, -0.05) is 29.8 Å². The number of H-pyrrole nitrogens is 1. The summed E-state index contributed by atoms with van der Waals surface area (Å²) in [6.07, 6.45) is 0. The van der Waals surface area contributed by atoms with Gasteiger partial charge >= 0.3 is 0 Å². The molecule has 0 saturated carbocycles. The first-order chi connectivity index (χ1) is 10.9. The van der Waals surface area contributed by atoms with E-state index in [1.54, 1.807) is 6.07 Å². The molecule has 2 heterocycles. The molecular weight excluding hydrogens is 356 g/mol. The molecule has 2 N–H and O–H groups in total. The van der Waals surface area contributed by atoms with Crippen molar-refractivity contribution in [3.63, 3.8) is 0 Å². The van der Waals surface area contributed by atoms with E-state index in [9.17, 15) is 13.2 Å². The average molecular weight is 369 g/mol. The van der Waals surface area contributed by atoms with Crippen molar-refractivity contribution in [1.29, 1.82) is 0 Å². The molecule has 0 fully saturated rings. The molecule has 0 aliphatic heterocycles. The zero-order chi connectivity index (χ0) is 16.6. The maximum absolute atomic E-state index is 12.2.